The van der Waals surface area contributed by atoms with E-state index < -0.39 is 10.0 Å². The van der Waals surface area contributed by atoms with Crippen LogP contribution < -0.4 is 4.72 Å². The fraction of sp³-hybridized carbons (Fsp3) is 0.455. The second kappa shape index (κ2) is 5.17. The molecule has 0 fully saturated rings. The van der Waals surface area contributed by atoms with Crippen molar-refractivity contribution in [3.8, 4) is 0 Å². The normalized spacial score (nSPS) is 12.1. The third-order valence-electron chi connectivity index (χ3n) is 2.12. The molecule has 0 aliphatic rings. The molecule has 0 atom stereocenters. The molecule has 16 heavy (non-hydrogen) atoms. The molecule has 0 unspecified atom stereocenters. The predicted molar refractivity (Wildman–Crippen MR) is 66.2 cm³/mol. The van der Waals surface area contributed by atoms with Gasteiger partial charge in [-0.25, -0.2) is 13.1 Å². The summed E-state index contributed by atoms with van der Waals surface area (Å²) in [5, 5.41) is 0.572. The molecule has 1 rings (SSSR count). The summed E-state index contributed by atoms with van der Waals surface area (Å²) in [4.78, 5) is 0.259. The van der Waals surface area contributed by atoms with Crippen LogP contribution in [0.5, 0.6) is 0 Å². The number of rotatable bonds is 4. The summed E-state index contributed by atoms with van der Waals surface area (Å²) >= 11 is 5.84. The Morgan fingerprint density at radius 3 is 2.50 bits per heavy atom. The van der Waals surface area contributed by atoms with Gasteiger partial charge in [-0.3, -0.25) is 0 Å². The van der Waals surface area contributed by atoms with Crippen LogP contribution in [0.1, 0.15) is 19.4 Å². The summed E-state index contributed by atoms with van der Waals surface area (Å²) in [7, 11) is -3.40. The van der Waals surface area contributed by atoms with E-state index in [0.29, 0.717) is 11.6 Å². The highest BCUT2D eigenvalue weighted by Gasteiger charge is 2.14. The molecule has 0 heterocycles. The van der Waals surface area contributed by atoms with Gasteiger partial charge in [-0.15, -0.1) is 0 Å². The summed E-state index contributed by atoms with van der Waals surface area (Å²) in [6.45, 7) is 6.12. The Labute approximate surface area is 102 Å². The maximum atomic E-state index is 11.8. The van der Waals surface area contributed by atoms with Gasteiger partial charge in [0.25, 0.3) is 0 Å². The molecule has 90 valence electrons. The number of nitrogens with one attached hydrogen (secondary N) is 1. The molecule has 0 aliphatic carbocycles. The van der Waals surface area contributed by atoms with Gasteiger partial charge in [-0.1, -0.05) is 25.4 Å². The van der Waals surface area contributed by atoms with Crippen molar-refractivity contribution in [3.63, 3.8) is 0 Å². The molecule has 0 amide bonds. The smallest absolute Gasteiger partial charge is 0.211 e. The largest absolute Gasteiger partial charge is 0.240 e. The van der Waals surface area contributed by atoms with E-state index in [1.165, 1.54) is 6.07 Å². The van der Waals surface area contributed by atoms with E-state index in [0.717, 1.165) is 5.56 Å². The van der Waals surface area contributed by atoms with Crippen molar-refractivity contribution in [2.24, 2.45) is 5.92 Å². The fourth-order valence-corrected chi connectivity index (χ4v) is 2.56. The average molecular weight is 262 g/mol. The SMILES string of the molecule is Cc1cc(S(=O)(=O)NCC(C)C)ccc1Cl. The van der Waals surface area contributed by atoms with Crippen LogP contribution >= 0.6 is 11.6 Å². The summed E-state index contributed by atoms with van der Waals surface area (Å²) in [6.07, 6.45) is 0. The van der Waals surface area contributed by atoms with E-state index in [4.69, 9.17) is 11.6 Å². The first-order valence-electron chi connectivity index (χ1n) is 5.09. The van der Waals surface area contributed by atoms with Crippen molar-refractivity contribution in [3.05, 3.63) is 28.8 Å². The minimum atomic E-state index is -3.40. The van der Waals surface area contributed by atoms with Crippen LogP contribution in [0, 0.1) is 12.8 Å². The van der Waals surface area contributed by atoms with Gasteiger partial charge in [-0.2, -0.15) is 0 Å². The second-order valence-electron chi connectivity index (χ2n) is 4.16. The van der Waals surface area contributed by atoms with Crippen LogP contribution in [0.4, 0.5) is 0 Å². The van der Waals surface area contributed by atoms with Gasteiger partial charge < -0.3 is 0 Å². The Hall–Kier alpha value is -0.580. The molecule has 0 aliphatic heterocycles. The van der Waals surface area contributed by atoms with Crippen molar-refractivity contribution in [2.75, 3.05) is 6.54 Å². The third-order valence-corrected chi connectivity index (χ3v) is 3.97. The first kappa shape index (κ1) is 13.5. The Morgan fingerprint density at radius 1 is 1.38 bits per heavy atom. The molecule has 1 aromatic carbocycles. The van der Waals surface area contributed by atoms with E-state index >= 15 is 0 Å². The zero-order valence-corrected chi connectivity index (χ0v) is 11.2. The van der Waals surface area contributed by atoms with Crippen LogP contribution in [0.2, 0.25) is 5.02 Å². The molecule has 0 saturated carbocycles. The number of benzene rings is 1. The minimum Gasteiger partial charge on any atom is -0.211 e. The van der Waals surface area contributed by atoms with Gasteiger partial charge in [0.05, 0.1) is 4.90 Å². The predicted octanol–water partition coefficient (Wildman–Crippen LogP) is 2.58. The van der Waals surface area contributed by atoms with Gasteiger partial charge in [-0.05, 0) is 36.6 Å². The Morgan fingerprint density at radius 2 is 2.00 bits per heavy atom. The molecule has 0 bridgehead atoms. The van der Waals surface area contributed by atoms with E-state index in [1.807, 2.05) is 13.8 Å². The number of aryl methyl sites for hydroxylation is 1. The first-order valence-corrected chi connectivity index (χ1v) is 6.95. The first-order chi connectivity index (χ1) is 7.33. The van der Waals surface area contributed by atoms with Crippen LogP contribution in [0.3, 0.4) is 0 Å². The van der Waals surface area contributed by atoms with Crippen molar-refractivity contribution >= 4 is 21.6 Å². The molecule has 0 aromatic heterocycles. The van der Waals surface area contributed by atoms with Crippen LogP contribution in [-0.4, -0.2) is 15.0 Å². The number of halogens is 1. The average Bonchev–Trinajstić information content (AvgIpc) is 2.19. The van der Waals surface area contributed by atoms with Gasteiger partial charge in [0.15, 0.2) is 0 Å². The Bertz CT molecular complexity index is 469. The quantitative estimate of drug-likeness (QED) is 0.906. The zero-order chi connectivity index (χ0) is 12.3. The Kier molecular flexibility index (Phi) is 4.35. The van der Waals surface area contributed by atoms with Gasteiger partial charge in [0.2, 0.25) is 10.0 Å². The lowest BCUT2D eigenvalue weighted by molar-refractivity contribution is 0.560. The standard InChI is InChI=1S/C11H16ClNO2S/c1-8(2)7-13-16(14,15)10-4-5-11(12)9(3)6-10/h4-6,8,13H,7H2,1-3H3. The molecule has 0 saturated heterocycles. The van der Waals surface area contributed by atoms with E-state index in [2.05, 4.69) is 4.72 Å². The highest BCUT2D eigenvalue weighted by atomic mass is 35.5. The maximum absolute atomic E-state index is 11.8. The molecule has 5 heteroatoms. The lowest BCUT2D eigenvalue weighted by Gasteiger charge is -2.09. The summed E-state index contributed by atoms with van der Waals surface area (Å²) in [5.41, 5.74) is 0.758. The molecule has 1 aromatic rings. The van der Waals surface area contributed by atoms with Crippen molar-refractivity contribution in [2.45, 2.75) is 25.7 Å². The summed E-state index contributed by atoms with van der Waals surface area (Å²) < 4.78 is 26.2. The third kappa shape index (κ3) is 3.47. The molecular formula is C11H16ClNO2S. The van der Waals surface area contributed by atoms with Crippen LogP contribution in [0.15, 0.2) is 23.1 Å². The minimum absolute atomic E-state index is 0.259. The topological polar surface area (TPSA) is 46.2 Å². The van der Waals surface area contributed by atoms with E-state index in [9.17, 15) is 8.42 Å². The number of hydrogen-bond acceptors (Lipinski definition) is 2. The monoisotopic (exact) mass is 261 g/mol. The highest BCUT2D eigenvalue weighted by molar-refractivity contribution is 7.89. The molecule has 0 spiro atoms. The molecule has 1 N–H and O–H groups in total. The summed E-state index contributed by atoms with van der Waals surface area (Å²) in [5.74, 6) is 0.281. The van der Waals surface area contributed by atoms with Crippen molar-refractivity contribution in [1.29, 1.82) is 0 Å². The van der Waals surface area contributed by atoms with Crippen LogP contribution in [0.25, 0.3) is 0 Å². The second-order valence-corrected chi connectivity index (χ2v) is 6.33. The maximum Gasteiger partial charge on any atom is 0.240 e. The van der Waals surface area contributed by atoms with Gasteiger partial charge in [0, 0.05) is 11.6 Å². The lowest BCUT2D eigenvalue weighted by atomic mass is 10.2. The van der Waals surface area contributed by atoms with Crippen molar-refractivity contribution < 1.29 is 8.42 Å². The fourth-order valence-electron chi connectivity index (χ4n) is 1.14. The van der Waals surface area contributed by atoms with Gasteiger partial charge in [0.1, 0.15) is 0 Å². The van der Waals surface area contributed by atoms with E-state index in [1.54, 1.807) is 19.1 Å². The lowest BCUT2D eigenvalue weighted by Crippen LogP contribution is -2.27. The van der Waals surface area contributed by atoms with Crippen LogP contribution in [-0.2, 0) is 10.0 Å². The molecular weight excluding hydrogens is 246 g/mol. The van der Waals surface area contributed by atoms with Crippen molar-refractivity contribution in [1.82, 2.24) is 4.72 Å². The summed E-state index contributed by atoms with van der Waals surface area (Å²) in [6, 6.07) is 4.68. The van der Waals surface area contributed by atoms with E-state index in [-0.39, 0.29) is 10.8 Å². The number of sulfonamides is 1. The molecule has 0 radical (unpaired) electrons. The number of hydrogen-bond donors (Lipinski definition) is 1. The molecule has 3 nitrogen and oxygen atoms in total. The highest BCUT2D eigenvalue weighted by Crippen LogP contribution is 2.19. The van der Waals surface area contributed by atoms with Gasteiger partial charge >= 0.3 is 0 Å². The Balaban J connectivity index is 2.94. The zero-order valence-electron chi connectivity index (χ0n) is 9.62.